The summed E-state index contributed by atoms with van der Waals surface area (Å²) in [4.78, 5) is 11.2. The lowest BCUT2D eigenvalue weighted by atomic mass is 10.1. The quantitative estimate of drug-likeness (QED) is 0.770. The predicted molar refractivity (Wildman–Crippen MR) is 76.7 cm³/mol. The molecule has 0 aliphatic carbocycles. The minimum Gasteiger partial charge on any atom is -0.298 e. The van der Waals surface area contributed by atoms with Crippen molar-refractivity contribution in [3.63, 3.8) is 0 Å². The van der Waals surface area contributed by atoms with Gasteiger partial charge in [-0.25, -0.2) is 0 Å². The van der Waals surface area contributed by atoms with Gasteiger partial charge in [-0.2, -0.15) is 5.10 Å². The third-order valence-electron chi connectivity index (χ3n) is 3.42. The fourth-order valence-electron chi connectivity index (χ4n) is 2.33. The molecule has 1 aromatic heterocycles. The maximum absolute atomic E-state index is 11.2. The highest BCUT2D eigenvalue weighted by Crippen LogP contribution is 2.16. The van der Waals surface area contributed by atoms with E-state index in [1.807, 2.05) is 11.6 Å². The van der Waals surface area contributed by atoms with Gasteiger partial charge in [0.15, 0.2) is 6.29 Å². The van der Waals surface area contributed by atoms with Gasteiger partial charge in [0, 0.05) is 5.69 Å². The zero-order valence-corrected chi connectivity index (χ0v) is 11.8. The number of carbonyl (C=O) groups is 1. The summed E-state index contributed by atoms with van der Waals surface area (Å²) in [6, 6.07) is 8.43. The molecule has 0 unspecified atom stereocenters. The van der Waals surface area contributed by atoms with E-state index in [1.165, 1.54) is 11.1 Å². The van der Waals surface area contributed by atoms with Crippen molar-refractivity contribution in [3.05, 3.63) is 52.3 Å². The first kappa shape index (κ1) is 13.5. The van der Waals surface area contributed by atoms with Gasteiger partial charge < -0.3 is 0 Å². The van der Waals surface area contributed by atoms with Gasteiger partial charge >= 0.3 is 0 Å². The van der Waals surface area contributed by atoms with E-state index in [9.17, 15) is 4.79 Å². The van der Waals surface area contributed by atoms with Gasteiger partial charge in [-0.3, -0.25) is 9.48 Å². The maximum Gasteiger partial charge on any atom is 0.153 e. The summed E-state index contributed by atoms with van der Waals surface area (Å²) in [5.74, 6) is 0. The van der Waals surface area contributed by atoms with Crippen LogP contribution in [0.1, 0.15) is 46.7 Å². The number of carbonyl (C=O) groups excluding carboxylic acids is 1. The lowest BCUT2D eigenvalue weighted by molar-refractivity contribution is 0.112. The van der Waals surface area contributed by atoms with E-state index in [4.69, 9.17) is 0 Å². The molecule has 3 nitrogen and oxygen atoms in total. The Morgan fingerprint density at radius 2 is 1.84 bits per heavy atom. The first-order valence-corrected chi connectivity index (χ1v) is 6.78. The van der Waals surface area contributed by atoms with Crippen LogP contribution in [0.3, 0.4) is 0 Å². The summed E-state index contributed by atoms with van der Waals surface area (Å²) in [5.41, 5.74) is 5.18. The largest absolute Gasteiger partial charge is 0.298 e. The highest BCUT2D eigenvalue weighted by atomic mass is 16.1. The molecule has 0 atom stereocenters. The number of aromatic nitrogens is 2. The molecule has 2 aromatic rings. The van der Waals surface area contributed by atoms with Crippen molar-refractivity contribution < 1.29 is 4.79 Å². The van der Waals surface area contributed by atoms with Gasteiger partial charge in [-0.1, -0.05) is 43.7 Å². The zero-order chi connectivity index (χ0) is 13.8. The fraction of sp³-hybridized carbons (Fsp3) is 0.375. The van der Waals surface area contributed by atoms with Gasteiger partial charge in [0.1, 0.15) is 0 Å². The molecule has 100 valence electrons. The molecule has 0 N–H and O–H groups in total. The molecule has 0 aliphatic heterocycles. The zero-order valence-electron chi connectivity index (χ0n) is 11.8. The predicted octanol–water partition coefficient (Wildman–Crippen LogP) is 3.18. The van der Waals surface area contributed by atoms with Crippen LogP contribution >= 0.6 is 0 Å². The van der Waals surface area contributed by atoms with Crippen molar-refractivity contribution >= 4 is 6.29 Å². The summed E-state index contributed by atoms with van der Waals surface area (Å²) in [5, 5.41) is 4.57. The normalized spacial score (nSPS) is 10.7. The van der Waals surface area contributed by atoms with Gasteiger partial charge in [-0.05, 0) is 25.3 Å². The van der Waals surface area contributed by atoms with Gasteiger partial charge in [-0.15, -0.1) is 0 Å². The van der Waals surface area contributed by atoms with E-state index in [1.54, 1.807) is 0 Å². The van der Waals surface area contributed by atoms with Crippen LogP contribution in [-0.4, -0.2) is 16.1 Å². The molecule has 0 fully saturated rings. The Hall–Kier alpha value is -1.90. The second kappa shape index (κ2) is 5.83. The Bertz CT molecular complexity index is 567. The monoisotopic (exact) mass is 256 g/mol. The summed E-state index contributed by atoms with van der Waals surface area (Å²) in [7, 11) is 0. The van der Waals surface area contributed by atoms with Gasteiger partial charge in [0.05, 0.1) is 17.8 Å². The number of nitrogens with zero attached hydrogens (tertiary/aromatic N) is 2. The Labute approximate surface area is 114 Å². The van der Waals surface area contributed by atoms with Crippen LogP contribution in [0.5, 0.6) is 0 Å². The summed E-state index contributed by atoms with van der Waals surface area (Å²) < 4.78 is 1.97. The van der Waals surface area contributed by atoms with E-state index in [2.05, 4.69) is 43.2 Å². The van der Waals surface area contributed by atoms with E-state index < -0.39 is 0 Å². The molecular formula is C16H20N2O. The highest BCUT2D eigenvalue weighted by Gasteiger charge is 2.14. The molecule has 0 saturated carbocycles. The Balaban J connectivity index is 2.36. The van der Waals surface area contributed by atoms with E-state index in [0.29, 0.717) is 0 Å². The minimum absolute atomic E-state index is 0.726. The first-order chi connectivity index (χ1) is 9.19. The highest BCUT2D eigenvalue weighted by molar-refractivity contribution is 5.78. The SMILES string of the molecule is CCc1nn(Cc2ccc(C)cc2)c(CC)c1C=O. The summed E-state index contributed by atoms with van der Waals surface area (Å²) in [6.45, 7) is 6.90. The van der Waals surface area contributed by atoms with Crippen molar-refractivity contribution in [2.75, 3.05) is 0 Å². The summed E-state index contributed by atoms with van der Waals surface area (Å²) in [6.07, 6.45) is 2.56. The standard InChI is InChI=1S/C16H20N2O/c1-4-15-14(11-19)16(5-2)18(17-15)10-13-8-6-12(3)7-9-13/h6-9,11H,4-5,10H2,1-3H3. The maximum atomic E-state index is 11.2. The van der Waals surface area contributed by atoms with Crippen LogP contribution < -0.4 is 0 Å². The Kier molecular flexibility index (Phi) is 4.15. The number of rotatable bonds is 5. The second-order valence-electron chi connectivity index (χ2n) is 4.78. The second-order valence-corrected chi connectivity index (χ2v) is 4.78. The number of benzene rings is 1. The number of hydrogen-bond donors (Lipinski definition) is 0. The van der Waals surface area contributed by atoms with Crippen LogP contribution in [0.15, 0.2) is 24.3 Å². The molecule has 1 heterocycles. The molecule has 0 bridgehead atoms. The average Bonchev–Trinajstić information content (AvgIpc) is 2.78. The molecule has 2 rings (SSSR count). The van der Waals surface area contributed by atoms with Crippen LogP contribution in [0, 0.1) is 6.92 Å². The van der Waals surface area contributed by atoms with Crippen molar-refractivity contribution in [1.82, 2.24) is 9.78 Å². The van der Waals surface area contributed by atoms with Gasteiger partial charge in [0.25, 0.3) is 0 Å². The first-order valence-electron chi connectivity index (χ1n) is 6.78. The molecule has 0 aliphatic rings. The van der Waals surface area contributed by atoms with Crippen LogP contribution in [0.2, 0.25) is 0 Å². The topological polar surface area (TPSA) is 34.9 Å². The molecule has 19 heavy (non-hydrogen) atoms. The smallest absolute Gasteiger partial charge is 0.153 e. The molecule has 1 aromatic carbocycles. The van der Waals surface area contributed by atoms with Crippen molar-refractivity contribution in [2.24, 2.45) is 0 Å². The molecule has 0 spiro atoms. The minimum atomic E-state index is 0.726. The Morgan fingerprint density at radius 1 is 1.16 bits per heavy atom. The molecular weight excluding hydrogens is 236 g/mol. The fourth-order valence-corrected chi connectivity index (χ4v) is 2.33. The van der Waals surface area contributed by atoms with Crippen molar-refractivity contribution in [1.29, 1.82) is 0 Å². The molecule has 0 radical (unpaired) electrons. The third-order valence-corrected chi connectivity index (χ3v) is 3.42. The lowest BCUT2D eigenvalue weighted by Gasteiger charge is -2.06. The molecule has 0 saturated heterocycles. The average molecular weight is 256 g/mol. The molecule has 3 heteroatoms. The number of aryl methyl sites for hydroxylation is 2. The lowest BCUT2D eigenvalue weighted by Crippen LogP contribution is -2.06. The third kappa shape index (κ3) is 2.75. The Morgan fingerprint density at radius 3 is 2.37 bits per heavy atom. The van der Waals surface area contributed by atoms with Crippen LogP contribution in [0.25, 0.3) is 0 Å². The van der Waals surface area contributed by atoms with E-state index in [-0.39, 0.29) is 0 Å². The van der Waals surface area contributed by atoms with E-state index in [0.717, 1.165) is 42.6 Å². The van der Waals surface area contributed by atoms with Crippen molar-refractivity contribution in [2.45, 2.75) is 40.2 Å². The van der Waals surface area contributed by atoms with Crippen LogP contribution in [0.4, 0.5) is 0 Å². The number of aldehydes is 1. The van der Waals surface area contributed by atoms with E-state index >= 15 is 0 Å². The number of hydrogen-bond acceptors (Lipinski definition) is 2. The molecule has 0 amide bonds. The van der Waals surface area contributed by atoms with Crippen LogP contribution in [-0.2, 0) is 19.4 Å². The van der Waals surface area contributed by atoms with Gasteiger partial charge in [0.2, 0.25) is 0 Å². The summed E-state index contributed by atoms with van der Waals surface area (Å²) >= 11 is 0. The van der Waals surface area contributed by atoms with Crippen molar-refractivity contribution in [3.8, 4) is 0 Å².